The van der Waals surface area contributed by atoms with Gasteiger partial charge in [-0.3, -0.25) is 9.89 Å². The molecule has 0 saturated carbocycles. The molecule has 2 aromatic carbocycles. The molecule has 4 rings (SSSR count). The lowest BCUT2D eigenvalue weighted by molar-refractivity contribution is 0.857. The summed E-state index contributed by atoms with van der Waals surface area (Å²) in [5, 5.41) is 7.40. The van der Waals surface area contributed by atoms with E-state index < -0.39 is 0 Å². The SMILES string of the molecule is Cc1nc2nc(NCc3ccccc3Cl)[nH]n2c(=O)c1Cc1ccccc1Cl. The van der Waals surface area contributed by atoms with Gasteiger partial charge in [0, 0.05) is 28.6 Å². The molecule has 0 aliphatic carbocycles. The van der Waals surface area contributed by atoms with Crippen molar-refractivity contribution in [1.29, 1.82) is 0 Å². The lowest BCUT2D eigenvalue weighted by Crippen LogP contribution is -2.22. The minimum absolute atomic E-state index is 0.194. The van der Waals surface area contributed by atoms with Gasteiger partial charge in [0.1, 0.15) is 0 Å². The van der Waals surface area contributed by atoms with Gasteiger partial charge < -0.3 is 5.32 Å². The summed E-state index contributed by atoms with van der Waals surface area (Å²) in [6.45, 7) is 2.28. The molecule has 0 amide bonds. The van der Waals surface area contributed by atoms with Crippen LogP contribution in [0.25, 0.3) is 5.78 Å². The molecule has 0 aliphatic heterocycles. The lowest BCUT2D eigenvalue weighted by Gasteiger charge is -2.06. The topological polar surface area (TPSA) is 75.1 Å². The van der Waals surface area contributed by atoms with Gasteiger partial charge in [-0.15, -0.1) is 0 Å². The number of benzene rings is 2. The van der Waals surface area contributed by atoms with E-state index in [-0.39, 0.29) is 5.56 Å². The van der Waals surface area contributed by atoms with E-state index in [0.717, 1.165) is 11.1 Å². The Morgan fingerprint density at radius 2 is 1.64 bits per heavy atom. The van der Waals surface area contributed by atoms with Crippen LogP contribution in [0.15, 0.2) is 53.3 Å². The Hall–Kier alpha value is -2.83. The molecule has 4 aromatic rings. The summed E-state index contributed by atoms with van der Waals surface area (Å²) in [5.41, 5.74) is 2.82. The molecule has 6 nitrogen and oxygen atoms in total. The van der Waals surface area contributed by atoms with Crippen LogP contribution in [0.4, 0.5) is 5.95 Å². The molecule has 0 saturated heterocycles. The number of aromatic nitrogens is 4. The second-order valence-electron chi connectivity index (χ2n) is 6.40. The Kier molecular flexibility index (Phi) is 5.07. The molecule has 0 aliphatic rings. The average Bonchev–Trinajstić information content (AvgIpc) is 3.09. The number of rotatable bonds is 5. The van der Waals surface area contributed by atoms with E-state index in [1.165, 1.54) is 4.52 Å². The minimum Gasteiger partial charge on any atom is -0.350 e. The molecule has 142 valence electrons. The number of hydrogen-bond acceptors (Lipinski definition) is 4. The summed E-state index contributed by atoms with van der Waals surface area (Å²) < 4.78 is 1.34. The fourth-order valence-electron chi connectivity index (χ4n) is 2.99. The van der Waals surface area contributed by atoms with Crippen LogP contribution in [0.2, 0.25) is 10.0 Å². The zero-order valence-electron chi connectivity index (χ0n) is 15.0. The highest BCUT2D eigenvalue weighted by Crippen LogP contribution is 2.19. The lowest BCUT2D eigenvalue weighted by atomic mass is 10.1. The van der Waals surface area contributed by atoms with Gasteiger partial charge in [0.2, 0.25) is 5.95 Å². The Labute approximate surface area is 171 Å². The first kappa shape index (κ1) is 18.5. The Morgan fingerprint density at radius 1 is 1.00 bits per heavy atom. The number of nitrogens with one attached hydrogen (secondary N) is 2. The fraction of sp³-hybridized carbons (Fsp3) is 0.150. The third-order valence-corrected chi connectivity index (χ3v) is 5.26. The van der Waals surface area contributed by atoms with Crippen LogP contribution in [-0.2, 0) is 13.0 Å². The predicted molar refractivity (Wildman–Crippen MR) is 111 cm³/mol. The van der Waals surface area contributed by atoms with Crippen LogP contribution in [0.3, 0.4) is 0 Å². The summed E-state index contributed by atoms with van der Waals surface area (Å²) in [4.78, 5) is 21.8. The van der Waals surface area contributed by atoms with Crippen molar-refractivity contribution in [3.05, 3.63) is 91.3 Å². The third-order valence-electron chi connectivity index (χ3n) is 4.52. The summed E-state index contributed by atoms with van der Waals surface area (Å²) in [6, 6.07) is 15.0. The third kappa shape index (κ3) is 3.61. The van der Waals surface area contributed by atoms with Crippen molar-refractivity contribution >= 4 is 34.9 Å². The largest absolute Gasteiger partial charge is 0.350 e. The van der Waals surface area contributed by atoms with Gasteiger partial charge in [0.15, 0.2) is 0 Å². The Balaban J connectivity index is 1.65. The molecule has 0 unspecified atom stereocenters. The standard InChI is InChI=1S/C20H17Cl2N5O/c1-12-15(10-13-6-2-4-8-16(13)21)18(28)27-20(24-12)25-19(26-27)23-11-14-7-3-5-9-17(14)22/h2-9H,10-11H2,1H3,(H2,23,24,25,26). The minimum atomic E-state index is -0.194. The van der Waals surface area contributed by atoms with E-state index in [1.807, 2.05) is 48.5 Å². The van der Waals surface area contributed by atoms with E-state index in [9.17, 15) is 4.79 Å². The summed E-state index contributed by atoms with van der Waals surface area (Å²) >= 11 is 12.4. The van der Waals surface area contributed by atoms with Gasteiger partial charge in [-0.1, -0.05) is 59.6 Å². The van der Waals surface area contributed by atoms with Gasteiger partial charge in [-0.25, -0.2) is 4.98 Å². The van der Waals surface area contributed by atoms with Gasteiger partial charge >= 0.3 is 0 Å². The number of fused-ring (bicyclic) bond motifs is 1. The van der Waals surface area contributed by atoms with Crippen molar-refractivity contribution in [3.8, 4) is 0 Å². The molecule has 0 fully saturated rings. The molecule has 0 bridgehead atoms. The molecular formula is C20H17Cl2N5O. The zero-order valence-corrected chi connectivity index (χ0v) is 16.6. The summed E-state index contributed by atoms with van der Waals surface area (Å²) in [5.74, 6) is 0.755. The van der Waals surface area contributed by atoms with Crippen LogP contribution in [-0.4, -0.2) is 19.6 Å². The molecule has 0 spiro atoms. The van der Waals surface area contributed by atoms with E-state index in [4.69, 9.17) is 23.2 Å². The van der Waals surface area contributed by atoms with Crippen molar-refractivity contribution < 1.29 is 0 Å². The van der Waals surface area contributed by atoms with Crippen molar-refractivity contribution in [2.45, 2.75) is 19.9 Å². The maximum absolute atomic E-state index is 13.0. The first-order chi connectivity index (χ1) is 13.5. The number of aromatic amines is 1. The van der Waals surface area contributed by atoms with Crippen LogP contribution in [0, 0.1) is 6.92 Å². The van der Waals surface area contributed by atoms with E-state index in [2.05, 4.69) is 20.4 Å². The molecule has 2 heterocycles. The second-order valence-corrected chi connectivity index (χ2v) is 7.22. The number of anilines is 1. The highest BCUT2D eigenvalue weighted by molar-refractivity contribution is 6.31. The Morgan fingerprint density at radius 3 is 2.32 bits per heavy atom. The average molecular weight is 414 g/mol. The van der Waals surface area contributed by atoms with E-state index in [0.29, 0.717) is 46.0 Å². The second kappa shape index (κ2) is 7.66. The van der Waals surface area contributed by atoms with Crippen LogP contribution in [0.5, 0.6) is 0 Å². The maximum atomic E-state index is 13.0. The van der Waals surface area contributed by atoms with Crippen molar-refractivity contribution in [3.63, 3.8) is 0 Å². The quantitative estimate of drug-likeness (QED) is 0.513. The summed E-state index contributed by atoms with van der Waals surface area (Å²) in [7, 11) is 0. The number of halogens is 2. The molecule has 0 atom stereocenters. The number of aryl methyl sites for hydroxylation is 1. The van der Waals surface area contributed by atoms with Crippen molar-refractivity contribution in [2.24, 2.45) is 0 Å². The first-order valence-electron chi connectivity index (χ1n) is 8.72. The number of nitrogens with zero attached hydrogens (tertiary/aromatic N) is 3. The van der Waals surface area contributed by atoms with Crippen molar-refractivity contribution in [1.82, 2.24) is 19.6 Å². The smallest absolute Gasteiger partial charge is 0.277 e. The molecule has 28 heavy (non-hydrogen) atoms. The van der Waals surface area contributed by atoms with E-state index >= 15 is 0 Å². The van der Waals surface area contributed by atoms with Crippen LogP contribution >= 0.6 is 23.2 Å². The molecular weight excluding hydrogens is 397 g/mol. The highest BCUT2D eigenvalue weighted by Gasteiger charge is 2.15. The van der Waals surface area contributed by atoms with E-state index in [1.54, 1.807) is 6.92 Å². The molecule has 2 aromatic heterocycles. The molecule has 2 N–H and O–H groups in total. The van der Waals surface area contributed by atoms with Crippen LogP contribution in [0.1, 0.15) is 22.4 Å². The number of hydrogen-bond donors (Lipinski definition) is 2. The fourth-order valence-corrected chi connectivity index (χ4v) is 3.40. The molecule has 0 radical (unpaired) electrons. The normalized spacial score (nSPS) is 11.1. The van der Waals surface area contributed by atoms with Gasteiger partial charge in [0.05, 0.1) is 5.69 Å². The van der Waals surface area contributed by atoms with Gasteiger partial charge in [0.25, 0.3) is 11.3 Å². The van der Waals surface area contributed by atoms with Gasteiger partial charge in [-0.05, 0) is 30.2 Å². The van der Waals surface area contributed by atoms with Gasteiger partial charge in [-0.2, -0.15) is 9.50 Å². The number of H-pyrrole nitrogens is 1. The monoisotopic (exact) mass is 413 g/mol. The van der Waals surface area contributed by atoms with Crippen LogP contribution < -0.4 is 10.9 Å². The first-order valence-corrected chi connectivity index (χ1v) is 9.47. The Bertz CT molecular complexity index is 1210. The maximum Gasteiger partial charge on any atom is 0.277 e. The van der Waals surface area contributed by atoms with Crippen molar-refractivity contribution in [2.75, 3.05) is 5.32 Å². The predicted octanol–water partition coefficient (Wildman–Crippen LogP) is 4.24. The molecule has 8 heteroatoms. The summed E-state index contributed by atoms with van der Waals surface area (Å²) in [6.07, 6.45) is 0.404. The zero-order chi connectivity index (χ0) is 19.7. The highest BCUT2D eigenvalue weighted by atomic mass is 35.5.